The van der Waals surface area contributed by atoms with Crippen LogP contribution >= 0.6 is 0 Å². The molecule has 0 bridgehead atoms. The van der Waals surface area contributed by atoms with Gasteiger partial charge in [-0.3, -0.25) is 9.69 Å². The standard InChI is InChI=1S/C13H24N2O2/c1-3-10-5-4-8-15(10)11-6-7-13(14,9-11)12(16)17-2/h10-11H,3-9,14H2,1-2H3. The topological polar surface area (TPSA) is 55.6 Å². The summed E-state index contributed by atoms with van der Waals surface area (Å²) in [5, 5.41) is 0. The van der Waals surface area contributed by atoms with Crippen LogP contribution in [0.3, 0.4) is 0 Å². The maximum Gasteiger partial charge on any atom is 0.325 e. The lowest BCUT2D eigenvalue weighted by Gasteiger charge is -2.31. The average molecular weight is 240 g/mol. The number of carbonyl (C=O) groups is 1. The minimum absolute atomic E-state index is 0.243. The zero-order chi connectivity index (χ0) is 12.5. The lowest BCUT2D eigenvalue weighted by Crippen LogP contribution is -2.48. The van der Waals surface area contributed by atoms with Crippen LogP contribution in [0, 0.1) is 0 Å². The summed E-state index contributed by atoms with van der Waals surface area (Å²) in [5.74, 6) is -0.243. The van der Waals surface area contributed by atoms with Gasteiger partial charge in [0.05, 0.1) is 7.11 Å². The third-order valence-corrected chi connectivity index (χ3v) is 4.48. The van der Waals surface area contributed by atoms with Gasteiger partial charge in [0, 0.05) is 12.1 Å². The van der Waals surface area contributed by atoms with Gasteiger partial charge in [-0.05, 0) is 45.1 Å². The molecule has 2 aliphatic rings. The maximum absolute atomic E-state index is 11.7. The number of rotatable bonds is 3. The number of likely N-dealkylation sites (tertiary alicyclic amines) is 1. The average Bonchev–Trinajstić information content (AvgIpc) is 2.94. The van der Waals surface area contributed by atoms with Gasteiger partial charge in [-0.25, -0.2) is 0 Å². The molecule has 2 rings (SSSR count). The summed E-state index contributed by atoms with van der Waals surface area (Å²) in [4.78, 5) is 14.2. The van der Waals surface area contributed by atoms with Crippen LogP contribution in [0.25, 0.3) is 0 Å². The molecule has 4 heteroatoms. The lowest BCUT2D eigenvalue weighted by molar-refractivity contribution is -0.147. The van der Waals surface area contributed by atoms with Gasteiger partial charge in [-0.15, -0.1) is 0 Å². The molecule has 1 aliphatic heterocycles. The second-order valence-corrected chi connectivity index (χ2v) is 5.49. The molecule has 0 aromatic heterocycles. The first-order valence-corrected chi connectivity index (χ1v) is 6.74. The van der Waals surface area contributed by atoms with Gasteiger partial charge in [0.2, 0.25) is 0 Å². The minimum atomic E-state index is -0.736. The third-order valence-electron chi connectivity index (χ3n) is 4.48. The normalized spacial score (nSPS) is 38.5. The summed E-state index contributed by atoms with van der Waals surface area (Å²) < 4.78 is 4.82. The zero-order valence-corrected chi connectivity index (χ0v) is 10.9. The van der Waals surface area contributed by atoms with Crippen molar-refractivity contribution in [1.82, 2.24) is 4.90 Å². The fraction of sp³-hybridized carbons (Fsp3) is 0.923. The van der Waals surface area contributed by atoms with Crippen LogP contribution in [0.5, 0.6) is 0 Å². The molecule has 0 radical (unpaired) electrons. The number of esters is 1. The molecule has 2 N–H and O–H groups in total. The fourth-order valence-corrected chi connectivity index (χ4v) is 3.50. The summed E-state index contributed by atoms with van der Waals surface area (Å²) in [6.07, 6.45) is 6.33. The monoisotopic (exact) mass is 240 g/mol. The Kier molecular flexibility index (Phi) is 3.73. The van der Waals surface area contributed by atoms with E-state index in [1.54, 1.807) is 0 Å². The van der Waals surface area contributed by atoms with Gasteiger partial charge in [0.1, 0.15) is 5.54 Å². The van der Waals surface area contributed by atoms with E-state index in [4.69, 9.17) is 10.5 Å². The number of ether oxygens (including phenoxy) is 1. The summed E-state index contributed by atoms with van der Waals surface area (Å²) in [7, 11) is 1.43. The van der Waals surface area contributed by atoms with Crippen molar-refractivity contribution in [3.8, 4) is 0 Å². The van der Waals surface area contributed by atoms with E-state index in [1.807, 2.05) is 0 Å². The maximum atomic E-state index is 11.7. The number of carbonyl (C=O) groups excluding carboxylic acids is 1. The predicted octanol–water partition coefficient (Wildman–Crippen LogP) is 1.28. The molecule has 0 aromatic carbocycles. The molecule has 17 heavy (non-hydrogen) atoms. The van der Waals surface area contributed by atoms with Gasteiger partial charge in [-0.1, -0.05) is 6.92 Å². The molecule has 1 saturated heterocycles. The molecular formula is C13H24N2O2. The number of nitrogens with zero attached hydrogens (tertiary/aromatic N) is 1. The van der Waals surface area contributed by atoms with Crippen LogP contribution in [0.4, 0.5) is 0 Å². The summed E-state index contributed by atoms with van der Waals surface area (Å²) in [6, 6.07) is 1.17. The van der Waals surface area contributed by atoms with E-state index in [0.717, 1.165) is 19.3 Å². The second kappa shape index (κ2) is 4.94. The van der Waals surface area contributed by atoms with Crippen LogP contribution in [0.15, 0.2) is 0 Å². The van der Waals surface area contributed by atoms with Crippen LogP contribution in [-0.2, 0) is 9.53 Å². The Morgan fingerprint density at radius 3 is 2.94 bits per heavy atom. The fourth-order valence-electron chi connectivity index (χ4n) is 3.50. The molecule has 3 unspecified atom stereocenters. The van der Waals surface area contributed by atoms with Crippen molar-refractivity contribution < 1.29 is 9.53 Å². The highest BCUT2D eigenvalue weighted by Crippen LogP contribution is 2.36. The van der Waals surface area contributed by atoms with Crippen LogP contribution < -0.4 is 5.73 Å². The number of hydrogen-bond donors (Lipinski definition) is 1. The van der Waals surface area contributed by atoms with E-state index < -0.39 is 5.54 Å². The molecule has 98 valence electrons. The number of hydrogen-bond acceptors (Lipinski definition) is 4. The predicted molar refractivity (Wildman–Crippen MR) is 66.6 cm³/mol. The Morgan fingerprint density at radius 1 is 1.53 bits per heavy atom. The Bertz CT molecular complexity index is 295. The molecule has 4 nitrogen and oxygen atoms in total. The molecule has 0 aromatic rings. The molecule has 3 atom stereocenters. The summed E-state index contributed by atoms with van der Waals surface area (Å²) >= 11 is 0. The Labute approximate surface area is 103 Å². The van der Waals surface area contributed by atoms with Gasteiger partial charge >= 0.3 is 5.97 Å². The molecule has 0 amide bonds. The van der Waals surface area contributed by atoms with E-state index in [0.29, 0.717) is 12.1 Å². The van der Waals surface area contributed by atoms with E-state index in [9.17, 15) is 4.79 Å². The largest absolute Gasteiger partial charge is 0.468 e. The van der Waals surface area contributed by atoms with E-state index in [-0.39, 0.29) is 5.97 Å². The smallest absolute Gasteiger partial charge is 0.325 e. The van der Waals surface area contributed by atoms with Crippen molar-refractivity contribution in [3.05, 3.63) is 0 Å². The highest BCUT2D eigenvalue weighted by atomic mass is 16.5. The van der Waals surface area contributed by atoms with Crippen LogP contribution in [0.1, 0.15) is 45.4 Å². The van der Waals surface area contributed by atoms with Gasteiger partial charge < -0.3 is 10.5 Å². The van der Waals surface area contributed by atoms with Crippen molar-refractivity contribution in [2.75, 3.05) is 13.7 Å². The first kappa shape index (κ1) is 12.8. The molecule has 2 fully saturated rings. The number of nitrogens with two attached hydrogens (primary N) is 1. The first-order chi connectivity index (χ1) is 8.10. The Morgan fingerprint density at radius 2 is 2.29 bits per heavy atom. The molecular weight excluding hydrogens is 216 g/mol. The summed E-state index contributed by atoms with van der Waals surface area (Å²) in [5.41, 5.74) is 5.42. The lowest BCUT2D eigenvalue weighted by atomic mass is 9.99. The van der Waals surface area contributed by atoms with Crippen molar-refractivity contribution >= 4 is 5.97 Å². The van der Waals surface area contributed by atoms with E-state index in [2.05, 4.69) is 11.8 Å². The van der Waals surface area contributed by atoms with Gasteiger partial charge in [0.15, 0.2) is 0 Å². The SMILES string of the molecule is CCC1CCCN1C1CCC(N)(C(=O)OC)C1. The van der Waals surface area contributed by atoms with Gasteiger partial charge in [0.25, 0.3) is 0 Å². The zero-order valence-electron chi connectivity index (χ0n) is 10.9. The molecule has 1 heterocycles. The van der Waals surface area contributed by atoms with Crippen molar-refractivity contribution in [2.45, 2.75) is 63.1 Å². The highest BCUT2D eigenvalue weighted by molar-refractivity contribution is 5.81. The van der Waals surface area contributed by atoms with Crippen LogP contribution in [0.2, 0.25) is 0 Å². The van der Waals surface area contributed by atoms with Crippen molar-refractivity contribution in [3.63, 3.8) is 0 Å². The second-order valence-electron chi connectivity index (χ2n) is 5.49. The van der Waals surface area contributed by atoms with Crippen LogP contribution in [-0.4, -0.2) is 42.1 Å². The Hall–Kier alpha value is -0.610. The van der Waals surface area contributed by atoms with E-state index >= 15 is 0 Å². The molecule has 1 aliphatic carbocycles. The summed E-state index contributed by atoms with van der Waals surface area (Å²) in [6.45, 7) is 3.41. The quantitative estimate of drug-likeness (QED) is 0.755. The van der Waals surface area contributed by atoms with Crippen molar-refractivity contribution in [2.24, 2.45) is 5.73 Å². The molecule has 0 spiro atoms. The third kappa shape index (κ3) is 2.33. The van der Waals surface area contributed by atoms with Gasteiger partial charge in [-0.2, -0.15) is 0 Å². The number of methoxy groups -OCH3 is 1. The van der Waals surface area contributed by atoms with Crippen molar-refractivity contribution in [1.29, 1.82) is 0 Å². The highest BCUT2D eigenvalue weighted by Gasteiger charge is 2.46. The minimum Gasteiger partial charge on any atom is -0.468 e. The molecule has 1 saturated carbocycles. The Balaban J connectivity index is 2.00. The first-order valence-electron chi connectivity index (χ1n) is 6.74. The van der Waals surface area contributed by atoms with E-state index in [1.165, 1.54) is 32.9 Å².